The van der Waals surface area contributed by atoms with Crippen molar-refractivity contribution in [3.8, 4) is 5.75 Å². The van der Waals surface area contributed by atoms with Gasteiger partial charge in [0.2, 0.25) is 5.28 Å². The largest absolute Gasteiger partial charge is 0.486 e. The molecule has 0 spiro atoms. The lowest BCUT2D eigenvalue weighted by Crippen LogP contribution is -2.28. The zero-order chi connectivity index (χ0) is 18.1. The predicted molar refractivity (Wildman–Crippen MR) is 102 cm³/mol. The summed E-state index contributed by atoms with van der Waals surface area (Å²) in [6.07, 6.45) is 4.50. The number of nitrogens with two attached hydrogens (primary N) is 1. The number of pyridine rings is 1. The van der Waals surface area contributed by atoms with Gasteiger partial charge in [0.25, 0.3) is 0 Å². The molecular weight excluding hydrogens is 375 g/mol. The van der Waals surface area contributed by atoms with Gasteiger partial charge in [0.05, 0.1) is 11.0 Å². The van der Waals surface area contributed by atoms with Gasteiger partial charge in [-0.3, -0.25) is 4.98 Å². The highest BCUT2D eigenvalue weighted by atomic mass is 35.5. The Hall–Kier alpha value is -2.09. The summed E-state index contributed by atoms with van der Waals surface area (Å²) in [5.74, 6) is 0.870. The normalized spacial score (nSPS) is 16.5. The Kier molecular flexibility index (Phi) is 4.84. The van der Waals surface area contributed by atoms with Crippen LogP contribution in [0.3, 0.4) is 0 Å². The molecule has 1 unspecified atom stereocenters. The first-order chi connectivity index (χ1) is 12.7. The van der Waals surface area contributed by atoms with Crippen LogP contribution in [0.1, 0.15) is 17.7 Å². The number of anilines is 1. The number of hydrogen-bond acceptors (Lipinski definition) is 6. The molecule has 1 atom stereocenters. The molecule has 136 valence electrons. The van der Waals surface area contributed by atoms with Crippen LogP contribution in [-0.2, 0) is 12.8 Å². The van der Waals surface area contributed by atoms with Gasteiger partial charge in [0.1, 0.15) is 6.61 Å². The van der Waals surface area contributed by atoms with Crippen molar-refractivity contribution in [3.05, 3.63) is 40.0 Å². The number of H-pyrrole nitrogens is 1. The van der Waals surface area contributed by atoms with Crippen LogP contribution < -0.4 is 15.8 Å². The third kappa shape index (κ3) is 3.30. The van der Waals surface area contributed by atoms with E-state index in [-0.39, 0.29) is 16.5 Å². The summed E-state index contributed by atoms with van der Waals surface area (Å²) in [5, 5.41) is 3.65. The summed E-state index contributed by atoms with van der Waals surface area (Å²) < 4.78 is 5.62. The van der Waals surface area contributed by atoms with Crippen molar-refractivity contribution < 1.29 is 4.74 Å². The van der Waals surface area contributed by atoms with Crippen LogP contribution in [0.4, 0.5) is 5.82 Å². The van der Waals surface area contributed by atoms with E-state index in [1.807, 2.05) is 18.3 Å². The first-order valence-corrected chi connectivity index (χ1v) is 9.18. The third-order valence-corrected chi connectivity index (χ3v) is 4.86. The maximum Gasteiger partial charge on any atom is 0.226 e. The summed E-state index contributed by atoms with van der Waals surface area (Å²) in [6.45, 7) is 0.687. The molecule has 26 heavy (non-hydrogen) atoms. The minimum Gasteiger partial charge on any atom is -0.486 e. The lowest BCUT2D eigenvalue weighted by molar-refractivity contribution is 0.327. The van der Waals surface area contributed by atoms with E-state index in [1.54, 1.807) is 0 Å². The molecule has 4 rings (SSSR count). The smallest absolute Gasteiger partial charge is 0.226 e. The molecule has 0 saturated carbocycles. The van der Waals surface area contributed by atoms with Crippen molar-refractivity contribution in [3.63, 3.8) is 0 Å². The average Bonchev–Trinajstić information content (AvgIpc) is 2.99. The quantitative estimate of drug-likeness (QED) is 0.455. The number of halogens is 2. The molecule has 9 heteroatoms. The van der Waals surface area contributed by atoms with Gasteiger partial charge >= 0.3 is 0 Å². The molecule has 0 aliphatic heterocycles. The monoisotopic (exact) mass is 392 g/mol. The number of aryl methyl sites for hydroxylation is 1. The highest BCUT2D eigenvalue weighted by molar-refractivity contribution is 6.33. The second kappa shape index (κ2) is 7.26. The Bertz CT molecular complexity index is 944. The van der Waals surface area contributed by atoms with E-state index in [0.29, 0.717) is 24.7 Å². The molecule has 0 fully saturated rings. The molecule has 1 aliphatic carbocycles. The van der Waals surface area contributed by atoms with Gasteiger partial charge < -0.3 is 20.8 Å². The molecule has 0 radical (unpaired) electrons. The summed E-state index contributed by atoms with van der Waals surface area (Å²) in [5.41, 5.74) is 10.1. The maximum absolute atomic E-state index is 6.17. The molecule has 0 amide bonds. The van der Waals surface area contributed by atoms with Gasteiger partial charge in [-0.05, 0) is 43.0 Å². The van der Waals surface area contributed by atoms with E-state index in [4.69, 9.17) is 33.7 Å². The fraction of sp³-hybridized carbons (Fsp3) is 0.353. The molecule has 3 aromatic rings. The van der Waals surface area contributed by atoms with Crippen LogP contribution in [0.25, 0.3) is 11.0 Å². The highest BCUT2D eigenvalue weighted by Gasteiger charge is 2.25. The van der Waals surface area contributed by atoms with Crippen molar-refractivity contribution in [1.82, 2.24) is 19.9 Å². The highest BCUT2D eigenvalue weighted by Crippen LogP contribution is 2.34. The van der Waals surface area contributed by atoms with Crippen LogP contribution in [0.5, 0.6) is 5.75 Å². The Morgan fingerprint density at radius 2 is 2.23 bits per heavy atom. The summed E-state index contributed by atoms with van der Waals surface area (Å²) >= 11 is 12.1. The van der Waals surface area contributed by atoms with E-state index in [1.165, 1.54) is 11.3 Å². The van der Waals surface area contributed by atoms with Crippen molar-refractivity contribution in [2.24, 2.45) is 5.73 Å². The average molecular weight is 393 g/mol. The van der Waals surface area contributed by atoms with Gasteiger partial charge in [0, 0.05) is 30.0 Å². The lowest BCUT2D eigenvalue weighted by Gasteiger charge is -2.25. The molecule has 0 aromatic carbocycles. The first kappa shape index (κ1) is 17.3. The van der Waals surface area contributed by atoms with Crippen molar-refractivity contribution in [2.75, 3.05) is 18.5 Å². The third-order valence-electron chi connectivity index (χ3n) is 4.44. The molecule has 4 N–H and O–H groups in total. The SMILES string of the molecule is NCCOc1c(Cl)nc(Cl)nc1NC1CCc2[nH]c3cccnc3c2C1. The second-order valence-electron chi connectivity index (χ2n) is 6.16. The molecule has 1 aliphatic rings. The number of hydrogen-bond donors (Lipinski definition) is 3. The van der Waals surface area contributed by atoms with Gasteiger partial charge in [0.15, 0.2) is 16.7 Å². The molecule has 0 bridgehead atoms. The predicted octanol–water partition coefficient (Wildman–Crippen LogP) is 2.97. The minimum absolute atomic E-state index is 0.0721. The van der Waals surface area contributed by atoms with E-state index in [2.05, 4.69) is 25.3 Å². The van der Waals surface area contributed by atoms with E-state index < -0.39 is 0 Å². The number of ether oxygens (including phenoxy) is 1. The first-order valence-electron chi connectivity index (χ1n) is 8.42. The topological polar surface area (TPSA) is 102 Å². The number of aromatic amines is 1. The number of rotatable bonds is 5. The molecule has 3 aromatic heterocycles. The van der Waals surface area contributed by atoms with Crippen LogP contribution in [0.2, 0.25) is 10.4 Å². The van der Waals surface area contributed by atoms with E-state index >= 15 is 0 Å². The summed E-state index contributed by atoms with van der Waals surface area (Å²) in [6, 6.07) is 4.14. The minimum atomic E-state index is 0.0721. The molecule has 0 saturated heterocycles. The zero-order valence-electron chi connectivity index (χ0n) is 13.9. The van der Waals surface area contributed by atoms with Crippen LogP contribution in [0, 0.1) is 0 Å². The van der Waals surface area contributed by atoms with Gasteiger partial charge in [-0.2, -0.15) is 4.98 Å². The molecule has 3 heterocycles. The number of nitrogens with zero attached hydrogens (tertiary/aromatic N) is 3. The second-order valence-corrected chi connectivity index (χ2v) is 6.86. The van der Waals surface area contributed by atoms with Gasteiger partial charge in [-0.15, -0.1) is 0 Å². The van der Waals surface area contributed by atoms with Gasteiger partial charge in [-0.1, -0.05) is 11.6 Å². The lowest BCUT2D eigenvalue weighted by atomic mass is 9.92. The number of nitrogens with one attached hydrogen (secondary N) is 2. The summed E-state index contributed by atoms with van der Waals surface area (Å²) in [7, 11) is 0. The molecule has 7 nitrogen and oxygen atoms in total. The number of aromatic nitrogens is 4. The van der Waals surface area contributed by atoms with Crippen LogP contribution >= 0.6 is 23.2 Å². The maximum atomic E-state index is 6.17. The van der Waals surface area contributed by atoms with E-state index in [0.717, 1.165) is 30.3 Å². The molecular formula is C17H18Cl2N6O. The van der Waals surface area contributed by atoms with Crippen LogP contribution in [-0.4, -0.2) is 39.1 Å². The Morgan fingerprint density at radius 3 is 3.08 bits per heavy atom. The fourth-order valence-electron chi connectivity index (χ4n) is 3.33. The Morgan fingerprint density at radius 1 is 1.35 bits per heavy atom. The standard InChI is InChI=1S/C17H18Cl2N6O/c18-15-14(26-7-5-20)16(25-17(19)24-15)22-9-3-4-11-10(8-9)13-12(23-11)2-1-6-21-13/h1-2,6,9,23H,3-5,7-8,20H2,(H,22,24,25). The van der Waals surface area contributed by atoms with E-state index in [9.17, 15) is 0 Å². The van der Waals surface area contributed by atoms with Crippen LogP contribution in [0.15, 0.2) is 18.3 Å². The zero-order valence-corrected chi connectivity index (χ0v) is 15.4. The van der Waals surface area contributed by atoms with Gasteiger partial charge in [-0.25, -0.2) is 4.98 Å². The van der Waals surface area contributed by atoms with Crippen molar-refractivity contribution in [2.45, 2.75) is 25.3 Å². The Balaban J connectivity index is 1.60. The summed E-state index contributed by atoms with van der Waals surface area (Å²) in [4.78, 5) is 16.2. The Labute approximate surface area is 160 Å². The van der Waals surface area contributed by atoms with Crippen molar-refractivity contribution >= 4 is 40.1 Å². The fourth-order valence-corrected chi connectivity index (χ4v) is 3.77. The number of fused-ring (bicyclic) bond motifs is 3. The van der Waals surface area contributed by atoms with Crippen molar-refractivity contribution in [1.29, 1.82) is 0 Å².